The maximum absolute atomic E-state index is 4.29. The van der Waals surface area contributed by atoms with Gasteiger partial charge in [0.1, 0.15) is 5.82 Å². The van der Waals surface area contributed by atoms with Gasteiger partial charge in [0.25, 0.3) is 0 Å². The summed E-state index contributed by atoms with van der Waals surface area (Å²) in [5.41, 5.74) is 0. The van der Waals surface area contributed by atoms with Crippen LogP contribution in [-0.4, -0.2) is 15.4 Å². The SMILES string of the molecule is Cc1nsc(NC(C)C2CCC2)n1. The molecular formula is C9H15N3S. The molecule has 3 nitrogen and oxygen atoms in total. The second-order valence-corrected chi connectivity index (χ2v) is 4.52. The summed E-state index contributed by atoms with van der Waals surface area (Å²) in [7, 11) is 0. The first kappa shape index (κ1) is 8.94. The third kappa shape index (κ3) is 1.99. The lowest BCUT2D eigenvalue weighted by Crippen LogP contribution is -2.30. The van der Waals surface area contributed by atoms with Crippen molar-refractivity contribution in [3.8, 4) is 0 Å². The Labute approximate surface area is 82.8 Å². The molecule has 1 heterocycles. The molecule has 72 valence electrons. The van der Waals surface area contributed by atoms with Gasteiger partial charge in [-0.2, -0.15) is 4.37 Å². The van der Waals surface area contributed by atoms with Crippen LogP contribution in [0, 0.1) is 12.8 Å². The molecule has 4 heteroatoms. The van der Waals surface area contributed by atoms with Gasteiger partial charge in [0, 0.05) is 17.6 Å². The van der Waals surface area contributed by atoms with Crippen LogP contribution in [0.5, 0.6) is 0 Å². The zero-order valence-corrected chi connectivity index (χ0v) is 8.90. The number of rotatable bonds is 3. The van der Waals surface area contributed by atoms with E-state index >= 15 is 0 Å². The van der Waals surface area contributed by atoms with Crippen LogP contribution in [-0.2, 0) is 0 Å². The number of hydrogen-bond acceptors (Lipinski definition) is 4. The van der Waals surface area contributed by atoms with Crippen LogP contribution in [0.4, 0.5) is 5.13 Å². The van der Waals surface area contributed by atoms with Crippen molar-refractivity contribution in [3.05, 3.63) is 5.82 Å². The van der Waals surface area contributed by atoms with E-state index in [9.17, 15) is 0 Å². The van der Waals surface area contributed by atoms with E-state index in [2.05, 4.69) is 21.6 Å². The Morgan fingerprint density at radius 2 is 2.31 bits per heavy atom. The molecule has 0 amide bonds. The predicted octanol–water partition coefficient (Wildman–Crippen LogP) is 2.45. The summed E-state index contributed by atoms with van der Waals surface area (Å²) in [6.07, 6.45) is 4.13. The Bertz CT molecular complexity index is 280. The van der Waals surface area contributed by atoms with Crippen LogP contribution in [0.15, 0.2) is 0 Å². The van der Waals surface area contributed by atoms with Gasteiger partial charge >= 0.3 is 0 Å². The van der Waals surface area contributed by atoms with Crippen LogP contribution < -0.4 is 5.32 Å². The molecule has 0 bridgehead atoms. The molecule has 1 aliphatic rings. The van der Waals surface area contributed by atoms with E-state index < -0.39 is 0 Å². The first-order valence-corrected chi connectivity index (χ1v) is 5.60. The van der Waals surface area contributed by atoms with Crippen molar-refractivity contribution < 1.29 is 0 Å². The minimum Gasteiger partial charge on any atom is -0.358 e. The van der Waals surface area contributed by atoms with Crippen molar-refractivity contribution >= 4 is 16.7 Å². The van der Waals surface area contributed by atoms with Crippen molar-refractivity contribution in [2.24, 2.45) is 5.92 Å². The molecule has 0 radical (unpaired) electrons. The van der Waals surface area contributed by atoms with E-state index in [1.54, 1.807) is 0 Å². The second kappa shape index (κ2) is 3.62. The molecule has 0 aromatic carbocycles. The summed E-state index contributed by atoms with van der Waals surface area (Å²) in [6, 6.07) is 0.557. The minimum atomic E-state index is 0.557. The van der Waals surface area contributed by atoms with Gasteiger partial charge in [-0.3, -0.25) is 0 Å². The van der Waals surface area contributed by atoms with Crippen molar-refractivity contribution in [1.29, 1.82) is 0 Å². The summed E-state index contributed by atoms with van der Waals surface area (Å²) in [4.78, 5) is 4.29. The fourth-order valence-corrected chi connectivity index (χ4v) is 2.28. The number of anilines is 1. The summed E-state index contributed by atoms with van der Waals surface area (Å²) in [6.45, 7) is 4.16. The van der Waals surface area contributed by atoms with Gasteiger partial charge in [0.15, 0.2) is 0 Å². The molecule has 1 fully saturated rings. The topological polar surface area (TPSA) is 37.8 Å². The zero-order chi connectivity index (χ0) is 9.26. The molecule has 1 aromatic rings. The summed E-state index contributed by atoms with van der Waals surface area (Å²) < 4.78 is 4.14. The highest BCUT2D eigenvalue weighted by Crippen LogP contribution is 2.31. The van der Waals surface area contributed by atoms with Crippen LogP contribution in [0.25, 0.3) is 0 Å². The number of nitrogens with zero attached hydrogens (tertiary/aromatic N) is 2. The molecule has 0 saturated heterocycles. The fraction of sp³-hybridized carbons (Fsp3) is 0.778. The molecule has 1 N–H and O–H groups in total. The van der Waals surface area contributed by atoms with Crippen LogP contribution in [0.3, 0.4) is 0 Å². The third-order valence-electron chi connectivity index (χ3n) is 2.74. The quantitative estimate of drug-likeness (QED) is 0.808. The highest BCUT2D eigenvalue weighted by atomic mass is 32.1. The lowest BCUT2D eigenvalue weighted by Gasteiger charge is -2.31. The largest absolute Gasteiger partial charge is 0.358 e. The van der Waals surface area contributed by atoms with Crippen molar-refractivity contribution in [1.82, 2.24) is 9.36 Å². The smallest absolute Gasteiger partial charge is 0.202 e. The summed E-state index contributed by atoms with van der Waals surface area (Å²) in [5.74, 6) is 1.72. The number of aromatic nitrogens is 2. The van der Waals surface area contributed by atoms with E-state index in [1.165, 1.54) is 30.8 Å². The van der Waals surface area contributed by atoms with Gasteiger partial charge in [-0.15, -0.1) is 0 Å². The van der Waals surface area contributed by atoms with E-state index in [-0.39, 0.29) is 0 Å². The molecule has 1 atom stereocenters. The first-order chi connectivity index (χ1) is 6.25. The number of hydrogen-bond donors (Lipinski definition) is 1. The molecule has 2 rings (SSSR count). The average Bonchev–Trinajstić information content (AvgIpc) is 2.31. The molecule has 13 heavy (non-hydrogen) atoms. The summed E-state index contributed by atoms with van der Waals surface area (Å²) in [5, 5.41) is 4.38. The zero-order valence-electron chi connectivity index (χ0n) is 8.08. The highest BCUT2D eigenvalue weighted by Gasteiger charge is 2.24. The Kier molecular flexibility index (Phi) is 2.49. The van der Waals surface area contributed by atoms with E-state index in [4.69, 9.17) is 0 Å². The monoisotopic (exact) mass is 197 g/mol. The minimum absolute atomic E-state index is 0.557. The molecule has 1 unspecified atom stereocenters. The lowest BCUT2D eigenvalue weighted by atomic mass is 9.80. The second-order valence-electron chi connectivity index (χ2n) is 3.77. The normalized spacial score (nSPS) is 19.5. The maximum Gasteiger partial charge on any atom is 0.202 e. The Morgan fingerprint density at radius 1 is 1.54 bits per heavy atom. The van der Waals surface area contributed by atoms with Crippen molar-refractivity contribution in [2.75, 3.05) is 5.32 Å². The molecule has 1 aromatic heterocycles. The molecule has 0 aliphatic heterocycles. The fourth-order valence-electron chi connectivity index (χ4n) is 1.61. The number of aryl methyl sites for hydroxylation is 1. The lowest BCUT2D eigenvalue weighted by molar-refractivity contribution is 0.285. The first-order valence-electron chi connectivity index (χ1n) is 4.82. The maximum atomic E-state index is 4.29. The molecule has 1 saturated carbocycles. The van der Waals surface area contributed by atoms with Gasteiger partial charge < -0.3 is 5.32 Å². The third-order valence-corrected chi connectivity index (χ3v) is 3.47. The van der Waals surface area contributed by atoms with Crippen molar-refractivity contribution in [2.45, 2.75) is 39.2 Å². The van der Waals surface area contributed by atoms with E-state index in [0.717, 1.165) is 16.9 Å². The summed E-state index contributed by atoms with van der Waals surface area (Å²) >= 11 is 1.46. The number of nitrogens with one attached hydrogen (secondary N) is 1. The van der Waals surface area contributed by atoms with E-state index in [1.807, 2.05) is 6.92 Å². The standard InChI is InChI=1S/C9H15N3S/c1-6(8-4-3-5-8)10-9-11-7(2)12-13-9/h6,8H,3-5H2,1-2H3,(H,10,11,12). The van der Waals surface area contributed by atoms with Gasteiger partial charge in [0.05, 0.1) is 0 Å². The van der Waals surface area contributed by atoms with Gasteiger partial charge in [-0.1, -0.05) is 6.42 Å². The Morgan fingerprint density at radius 3 is 2.77 bits per heavy atom. The molecule has 1 aliphatic carbocycles. The van der Waals surface area contributed by atoms with Crippen LogP contribution in [0.2, 0.25) is 0 Å². The van der Waals surface area contributed by atoms with Gasteiger partial charge in [-0.05, 0) is 32.6 Å². The van der Waals surface area contributed by atoms with Crippen LogP contribution >= 0.6 is 11.5 Å². The Balaban J connectivity index is 1.89. The average molecular weight is 197 g/mol. The van der Waals surface area contributed by atoms with Crippen LogP contribution in [0.1, 0.15) is 32.0 Å². The molecule has 0 spiro atoms. The Hall–Kier alpha value is -0.640. The molecular weight excluding hydrogens is 182 g/mol. The van der Waals surface area contributed by atoms with Gasteiger partial charge in [-0.25, -0.2) is 4.98 Å². The predicted molar refractivity (Wildman–Crippen MR) is 55.1 cm³/mol. The van der Waals surface area contributed by atoms with Crippen molar-refractivity contribution in [3.63, 3.8) is 0 Å². The van der Waals surface area contributed by atoms with Gasteiger partial charge in [0.2, 0.25) is 5.13 Å². The van der Waals surface area contributed by atoms with E-state index in [0.29, 0.717) is 6.04 Å². The highest BCUT2D eigenvalue weighted by molar-refractivity contribution is 7.09.